The van der Waals surface area contributed by atoms with Crippen LogP contribution in [0.25, 0.3) is 16.8 Å². The lowest BCUT2D eigenvalue weighted by atomic mass is 10.2. The molecule has 0 radical (unpaired) electrons. The average Bonchev–Trinajstić information content (AvgIpc) is 2.97. The Bertz CT molecular complexity index is 1140. The second kappa shape index (κ2) is 7.37. The number of carbonyl (C=O) groups excluding carboxylic acids is 1. The summed E-state index contributed by atoms with van der Waals surface area (Å²) >= 11 is 0. The van der Waals surface area contributed by atoms with Gasteiger partial charge < -0.3 is 14.8 Å². The zero-order valence-electron chi connectivity index (χ0n) is 16.2. The third-order valence-electron chi connectivity index (χ3n) is 3.98. The molecule has 0 aromatic carbocycles. The molecule has 0 fully saturated rings. The summed E-state index contributed by atoms with van der Waals surface area (Å²) in [6.45, 7) is 5.91. The van der Waals surface area contributed by atoms with Gasteiger partial charge in [-0.15, -0.1) is 0 Å². The molecule has 3 rings (SSSR count). The van der Waals surface area contributed by atoms with E-state index in [2.05, 4.69) is 15.3 Å². The van der Waals surface area contributed by atoms with Crippen LogP contribution in [0.4, 0.5) is 4.79 Å². The van der Waals surface area contributed by atoms with E-state index in [4.69, 9.17) is 9.47 Å². The van der Waals surface area contributed by atoms with Gasteiger partial charge in [0.25, 0.3) is 5.56 Å². The van der Waals surface area contributed by atoms with Gasteiger partial charge in [0, 0.05) is 25.4 Å². The topological polar surface area (TPSA) is 120 Å². The molecule has 10 heteroatoms. The Balaban J connectivity index is 1.84. The summed E-state index contributed by atoms with van der Waals surface area (Å²) < 4.78 is 13.3. The lowest BCUT2D eigenvalue weighted by Crippen LogP contribution is -2.34. The van der Waals surface area contributed by atoms with E-state index in [1.807, 2.05) is 0 Å². The smallest absolute Gasteiger partial charge is 0.407 e. The highest BCUT2D eigenvalue weighted by Crippen LogP contribution is 2.17. The molecule has 3 heterocycles. The van der Waals surface area contributed by atoms with Gasteiger partial charge in [-0.05, 0) is 33.3 Å². The van der Waals surface area contributed by atoms with Crippen molar-refractivity contribution in [2.24, 2.45) is 0 Å². The molecule has 0 saturated carbocycles. The van der Waals surface area contributed by atoms with Crippen LogP contribution < -0.4 is 21.3 Å². The number of aromatic amines is 1. The number of alkyl carbamates (subject to hydrolysis) is 1. The largest absolute Gasteiger partial charge is 0.497 e. The number of nitrogens with zero attached hydrogens (tertiary/aromatic N) is 3. The fourth-order valence-corrected chi connectivity index (χ4v) is 2.81. The maximum atomic E-state index is 12.3. The highest BCUT2D eigenvalue weighted by molar-refractivity contribution is 5.76. The fourth-order valence-electron chi connectivity index (χ4n) is 2.81. The molecule has 0 aliphatic heterocycles. The van der Waals surface area contributed by atoms with Crippen LogP contribution in [-0.4, -0.2) is 44.3 Å². The minimum atomic E-state index is -0.580. The van der Waals surface area contributed by atoms with Crippen LogP contribution in [0.2, 0.25) is 0 Å². The molecular weight excluding hydrogens is 366 g/mol. The van der Waals surface area contributed by atoms with E-state index < -0.39 is 22.9 Å². The zero-order valence-corrected chi connectivity index (χ0v) is 16.2. The maximum absolute atomic E-state index is 12.3. The highest BCUT2D eigenvalue weighted by atomic mass is 16.6. The summed E-state index contributed by atoms with van der Waals surface area (Å²) in [5, 5.41) is 2.64. The van der Waals surface area contributed by atoms with Crippen molar-refractivity contribution in [1.82, 2.24) is 24.3 Å². The summed E-state index contributed by atoms with van der Waals surface area (Å²) in [6, 6.07) is 3.38. The Labute approximate surface area is 160 Å². The molecule has 150 valence electrons. The Morgan fingerprint density at radius 3 is 2.75 bits per heavy atom. The monoisotopic (exact) mass is 389 g/mol. The van der Waals surface area contributed by atoms with Gasteiger partial charge in [0.1, 0.15) is 17.0 Å². The number of aryl methyl sites for hydroxylation is 1. The Morgan fingerprint density at radius 2 is 2.07 bits per heavy atom. The molecule has 1 amide bonds. The molecule has 0 spiro atoms. The van der Waals surface area contributed by atoms with E-state index in [9.17, 15) is 14.4 Å². The SMILES string of the molecule is COc1ccn2c(c1)nc1c2c(=O)[nH]c(=O)n1CCCNC(=O)OC(C)(C)C. The zero-order chi connectivity index (χ0) is 20.5. The van der Waals surface area contributed by atoms with Crippen molar-refractivity contribution in [3.63, 3.8) is 0 Å². The molecule has 0 saturated heterocycles. The number of hydrogen-bond donors (Lipinski definition) is 2. The van der Waals surface area contributed by atoms with Gasteiger partial charge in [-0.25, -0.2) is 14.6 Å². The normalized spacial score (nSPS) is 11.7. The molecule has 0 aliphatic rings. The predicted molar refractivity (Wildman–Crippen MR) is 103 cm³/mol. The number of imidazole rings is 1. The number of rotatable bonds is 5. The Morgan fingerprint density at radius 1 is 1.32 bits per heavy atom. The van der Waals surface area contributed by atoms with Crippen molar-refractivity contribution >= 4 is 22.9 Å². The highest BCUT2D eigenvalue weighted by Gasteiger charge is 2.17. The van der Waals surface area contributed by atoms with Crippen molar-refractivity contribution in [1.29, 1.82) is 0 Å². The van der Waals surface area contributed by atoms with Crippen LogP contribution in [0.5, 0.6) is 5.75 Å². The van der Waals surface area contributed by atoms with Gasteiger partial charge in [-0.2, -0.15) is 0 Å². The lowest BCUT2D eigenvalue weighted by molar-refractivity contribution is 0.0526. The minimum absolute atomic E-state index is 0.267. The van der Waals surface area contributed by atoms with Gasteiger partial charge in [-0.3, -0.25) is 18.7 Å². The molecule has 3 aromatic rings. The molecule has 2 N–H and O–H groups in total. The second-order valence-electron chi connectivity index (χ2n) is 7.27. The number of H-pyrrole nitrogens is 1. The first-order valence-corrected chi connectivity index (χ1v) is 8.85. The molecular formula is C18H23N5O5. The summed E-state index contributed by atoms with van der Waals surface area (Å²) in [5.41, 5.74) is -0.599. The van der Waals surface area contributed by atoms with Gasteiger partial charge in [0.2, 0.25) is 0 Å². The number of ether oxygens (including phenoxy) is 2. The van der Waals surface area contributed by atoms with E-state index in [-0.39, 0.29) is 17.7 Å². The second-order valence-corrected chi connectivity index (χ2v) is 7.27. The minimum Gasteiger partial charge on any atom is -0.497 e. The van der Waals surface area contributed by atoms with Crippen molar-refractivity contribution < 1.29 is 14.3 Å². The number of methoxy groups -OCH3 is 1. The van der Waals surface area contributed by atoms with Crippen LogP contribution in [0, 0.1) is 0 Å². The number of amides is 1. The molecule has 28 heavy (non-hydrogen) atoms. The Kier molecular flexibility index (Phi) is 5.12. The van der Waals surface area contributed by atoms with Crippen molar-refractivity contribution in [3.05, 3.63) is 39.2 Å². The molecule has 0 bridgehead atoms. The third-order valence-corrected chi connectivity index (χ3v) is 3.98. The van der Waals surface area contributed by atoms with Gasteiger partial charge in [0.15, 0.2) is 11.2 Å². The molecule has 3 aromatic heterocycles. The van der Waals surface area contributed by atoms with Crippen LogP contribution in [-0.2, 0) is 11.3 Å². The van der Waals surface area contributed by atoms with Gasteiger partial charge in [-0.1, -0.05) is 0 Å². The summed E-state index contributed by atoms with van der Waals surface area (Å²) in [6.07, 6.45) is 1.60. The van der Waals surface area contributed by atoms with Crippen molar-refractivity contribution in [2.45, 2.75) is 39.3 Å². The van der Waals surface area contributed by atoms with Crippen molar-refractivity contribution in [2.75, 3.05) is 13.7 Å². The van der Waals surface area contributed by atoms with Crippen LogP contribution in [0.15, 0.2) is 27.9 Å². The molecule has 10 nitrogen and oxygen atoms in total. The molecule has 0 aliphatic carbocycles. The van der Waals surface area contributed by atoms with E-state index in [0.717, 1.165) is 0 Å². The van der Waals surface area contributed by atoms with Crippen LogP contribution in [0.3, 0.4) is 0 Å². The number of carbonyl (C=O) groups is 1. The average molecular weight is 389 g/mol. The summed E-state index contributed by atoms with van der Waals surface area (Å²) in [5.74, 6) is 0.592. The van der Waals surface area contributed by atoms with Crippen LogP contribution >= 0.6 is 0 Å². The van der Waals surface area contributed by atoms with E-state index in [0.29, 0.717) is 24.4 Å². The quantitative estimate of drug-likeness (QED) is 0.634. The number of pyridine rings is 1. The fraction of sp³-hybridized carbons (Fsp3) is 0.444. The first-order valence-electron chi connectivity index (χ1n) is 8.85. The standard InChI is InChI=1S/C18H23N5O5/c1-18(2,3)28-17(26)19-7-5-8-23-14-13(15(24)21-16(23)25)22-9-6-11(27-4)10-12(22)20-14/h6,9-10H,5,7-8H2,1-4H3,(H,19,26)(H,21,24,25). The van der Waals surface area contributed by atoms with E-state index in [1.165, 1.54) is 11.7 Å². The maximum Gasteiger partial charge on any atom is 0.407 e. The Hall–Kier alpha value is -3.30. The van der Waals surface area contributed by atoms with Gasteiger partial charge >= 0.3 is 11.8 Å². The first kappa shape index (κ1) is 19.5. The molecule has 0 unspecified atom stereocenters. The third kappa shape index (κ3) is 4.00. The van der Waals surface area contributed by atoms with Crippen molar-refractivity contribution in [3.8, 4) is 5.75 Å². The van der Waals surface area contributed by atoms with E-state index >= 15 is 0 Å². The number of nitrogens with one attached hydrogen (secondary N) is 2. The lowest BCUT2D eigenvalue weighted by Gasteiger charge is -2.19. The number of fused-ring (bicyclic) bond motifs is 3. The summed E-state index contributed by atoms with van der Waals surface area (Å²) in [4.78, 5) is 43.0. The first-order chi connectivity index (χ1) is 13.2. The number of hydrogen-bond acceptors (Lipinski definition) is 6. The number of aromatic nitrogens is 4. The predicted octanol–water partition coefficient (Wildman–Crippen LogP) is 1.26. The van der Waals surface area contributed by atoms with E-state index in [1.54, 1.807) is 43.5 Å². The van der Waals surface area contributed by atoms with Crippen LogP contribution in [0.1, 0.15) is 27.2 Å². The molecule has 0 atom stereocenters. The summed E-state index contributed by atoms with van der Waals surface area (Å²) in [7, 11) is 1.54. The van der Waals surface area contributed by atoms with Gasteiger partial charge in [0.05, 0.1) is 7.11 Å².